The molecule has 1 aromatic carbocycles. The summed E-state index contributed by atoms with van der Waals surface area (Å²) in [6.07, 6.45) is -0.867. The van der Waals surface area contributed by atoms with Crippen LogP contribution in [0.2, 0.25) is 0 Å². The van der Waals surface area contributed by atoms with Crippen LogP contribution in [0.1, 0.15) is 12.0 Å². The molecule has 2 heterocycles. The molecule has 0 bridgehead atoms. The molecule has 0 spiro atoms. The first-order valence-electron chi connectivity index (χ1n) is 6.60. The van der Waals surface area contributed by atoms with Crippen molar-refractivity contribution in [3.8, 4) is 5.75 Å². The van der Waals surface area contributed by atoms with Crippen LogP contribution in [0.4, 0.5) is 0 Å². The van der Waals surface area contributed by atoms with Crippen molar-refractivity contribution < 1.29 is 24.3 Å². The van der Waals surface area contributed by atoms with E-state index >= 15 is 0 Å². The molecule has 3 rings (SSSR count). The summed E-state index contributed by atoms with van der Waals surface area (Å²) in [7, 11) is 0. The highest BCUT2D eigenvalue weighted by Gasteiger charge is 2.35. The number of benzene rings is 1. The standard InChI is InChI=1S/C14H14N2O5/c17-13(12-7-10(14(18)19)15-21-12)16-5-6-20-11-4-2-1-3-9(11)8-16/h1-4,12H,5-8H2,(H,18,19). The van der Waals surface area contributed by atoms with Crippen molar-refractivity contribution in [2.24, 2.45) is 5.16 Å². The number of ether oxygens (including phenoxy) is 1. The van der Waals surface area contributed by atoms with Crippen LogP contribution in [0.5, 0.6) is 5.75 Å². The highest BCUT2D eigenvalue weighted by Crippen LogP contribution is 2.24. The number of rotatable bonds is 2. The second kappa shape index (κ2) is 5.43. The lowest BCUT2D eigenvalue weighted by Gasteiger charge is -2.22. The van der Waals surface area contributed by atoms with E-state index in [4.69, 9.17) is 14.7 Å². The fraction of sp³-hybridized carbons (Fsp3) is 0.357. The van der Waals surface area contributed by atoms with Crippen LogP contribution < -0.4 is 4.74 Å². The summed E-state index contributed by atoms with van der Waals surface area (Å²) in [5.74, 6) is -0.659. The van der Waals surface area contributed by atoms with Crippen molar-refractivity contribution in [1.82, 2.24) is 4.90 Å². The minimum absolute atomic E-state index is 0.00678. The predicted molar refractivity (Wildman–Crippen MR) is 71.9 cm³/mol. The van der Waals surface area contributed by atoms with Crippen LogP contribution in [0, 0.1) is 0 Å². The molecule has 2 aliphatic rings. The third-order valence-corrected chi connectivity index (χ3v) is 3.46. The van der Waals surface area contributed by atoms with Gasteiger partial charge in [0.15, 0.2) is 5.71 Å². The van der Waals surface area contributed by atoms with Gasteiger partial charge in [-0.15, -0.1) is 0 Å². The molecular weight excluding hydrogens is 276 g/mol. The van der Waals surface area contributed by atoms with Crippen LogP contribution in [0.3, 0.4) is 0 Å². The molecular formula is C14H14N2O5. The van der Waals surface area contributed by atoms with Crippen molar-refractivity contribution in [2.45, 2.75) is 19.1 Å². The first kappa shape index (κ1) is 13.4. The Kier molecular flexibility index (Phi) is 3.47. The molecule has 21 heavy (non-hydrogen) atoms. The van der Waals surface area contributed by atoms with E-state index in [1.807, 2.05) is 24.3 Å². The van der Waals surface area contributed by atoms with Gasteiger partial charge in [0.25, 0.3) is 5.91 Å². The monoisotopic (exact) mass is 290 g/mol. The van der Waals surface area contributed by atoms with Gasteiger partial charge in [-0.1, -0.05) is 23.4 Å². The van der Waals surface area contributed by atoms with Crippen molar-refractivity contribution >= 4 is 17.6 Å². The summed E-state index contributed by atoms with van der Waals surface area (Å²) in [6, 6.07) is 7.52. The van der Waals surface area contributed by atoms with E-state index in [0.717, 1.165) is 11.3 Å². The predicted octanol–water partition coefficient (Wildman–Crippen LogP) is 0.637. The minimum Gasteiger partial charge on any atom is -0.491 e. The van der Waals surface area contributed by atoms with E-state index in [0.29, 0.717) is 19.7 Å². The second-order valence-electron chi connectivity index (χ2n) is 4.86. The minimum atomic E-state index is -1.16. The number of hydrogen-bond acceptors (Lipinski definition) is 5. The maximum Gasteiger partial charge on any atom is 0.353 e. The Labute approximate surface area is 120 Å². The van der Waals surface area contributed by atoms with Crippen LogP contribution in [0.15, 0.2) is 29.4 Å². The average Bonchev–Trinajstić information content (AvgIpc) is 2.87. The molecule has 0 aromatic heterocycles. The number of para-hydroxylation sites is 1. The molecule has 7 heteroatoms. The number of aliphatic carboxylic acids is 1. The number of carboxylic acid groups (broad SMARTS) is 1. The molecule has 0 radical (unpaired) electrons. The van der Waals surface area contributed by atoms with Gasteiger partial charge in [-0.05, 0) is 6.07 Å². The van der Waals surface area contributed by atoms with E-state index in [1.165, 1.54) is 0 Å². The van der Waals surface area contributed by atoms with Crippen LogP contribution >= 0.6 is 0 Å². The van der Waals surface area contributed by atoms with Crippen molar-refractivity contribution in [3.05, 3.63) is 29.8 Å². The number of carboxylic acids is 1. The lowest BCUT2D eigenvalue weighted by atomic mass is 10.1. The zero-order valence-corrected chi connectivity index (χ0v) is 11.2. The van der Waals surface area contributed by atoms with Gasteiger partial charge in [-0.2, -0.15) is 0 Å². The van der Waals surface area contributed by atoms with Gasteiger partial charge >= 0.3 is 5.97 Å². The smallest absolute Gasteiger partial charge is 0.353 e. The summed E-state index contributed by atoms with van der Waals surface area (Å²) >= 11 is 0. The summed E-state index contributed by atoms with van der Waals surface area (Å²) in [5, 5.41) is 12.3. The molecule has 1 amide bonds. The molecule has 2 aliphatic heterocycles. The normalized spacial score (nSPS) is 20.7. The second-order valence-corrected chi connectivity index (χ2v) is 4.86. The number of nitrogens with zero attached hydrogens (tertiary/aromatic N) is 2. The maximum absolute atomic E-state index is 12.4. The molecule has 1 unspecified atom stereocenters. The Morgan fingerprint density at radius 3 is 2.90 bits per heavy atom. The SMILES string of the molecule is O=C(O)C1=NOC(C(=O)N2CCOc3ccccc3C2)C1. The number of carbonyl (C=O) groups excluding carboxylic acids is 1. The number of hydrogen-bond donors (Lipinski definition) is 1. The van der Waals surface area contributed by atoms with Crippen LogP contribution in [0.25, 0.3) is 0 Å². The third kappa shape index (κ3) is 2.67. The van der Waals surface area contributed by atoms with Gasteiger partial charge in [-0.25, -0.2) is 4.79 Å². The van der Waals surface area contributed by atoms with E-state index in [-0.39, 0.29) is 18.0 Å². The number of oxime groups is 1. The van der Waals surface area contributed by atoms with Gasteiger partial charge in [0.1, 0.15) is 12.4 Å². The van der Waals surface area contributed by atoms with Crippen LogP contribution in [-0.2, 0) is 21.0 Å². The first-order valence-corrected chi connectivity index (χ1v) is 6.60. The molecule has 1 atom stereocenters. The molecule has 7 nitrogen and oxygen atoms in total. The van der Waals surface area contributed by atoms with E-state index in [2.05, 4.69) is 5.16 Å². The quantitative estimate of drug-likeness (QED) is 0.863. The molecule has 0 aliphatic carbocycles. The molecule has 0 saturated heterocycles. The zero-order chi connectivity index (χ0) is 14.8. The lowest BCUT2D eigenvalue weighted by Crippen LogP contribution is -2.40. The van der Waals surface area contributed by atoms with Gasteiger partial charge in [0.05, 0.1) is 6.54 Å². The zero-order valence-electron chi connectivity index (χ0n) is 11.2. The maximum atomic E-state index is 12.4. The Bertz CT molecular complexity index is 613. The molecule has 0 saturated carbocycles. The summed E-state index contributed by atoms with van der Waals surface area (Å²) in [5.41, 5.74) is 0.792. The topological polar surface area (TPSA) is 88.4 Å². The molecule has 110 valence electrons. The highest BCUT2D eigenvalue weighted by atomic mass is 16.6. The van der Waals surface area contributed by atoms with Gasteiger partial charge in [0, 0.05) is 18.5 Å². The Balaban J connectivity index is 1.70. The third-order valence-electron chi connectivity index (χ3n) is 3.46. The summed E-state index contributed by atoms with van der Waals surface area (Å²) in [6.45, 7) is 1.23. The van der Waals surface area contributed by atoms with Gasteiger partial charge < -0.3 is 19.6 Å². The fourth-order valence-corrected chi connectivity index (χ4v) is 2.35. The Hall–Kier alpha value is -2.57. The summed E-state index contributed by atoms with van der Waals surface area (Å²) < 4.78 is 5.59. The lowest BCUT2D eigenvalue weighted by molar-refractivity contribution is -0.142. The van der Waals surface area contributed by atoms with Crippen molar-refractivity contribution in [1.29, 1.82) is 0 Å². The number of fused-ring (bicyclic) bond motifs is 1. The highest BCUT2D eigenvalue weighted by molar-refractivity contribution is 6.36. The van der Waals surface area contributed by atoms with E-state index < -0.39 is 12.1 Å². The number of amides is 1. The largest absolute Gasteiger partial charge is 0.491 e. The average molecular weight is 290 g/mol. The molecule has 1 aromatic rings. The van der Waals surface area contributed by atoms with E-state index in [1.54, 1.807) is 4.90 Å². The number of carbonyl (C=O) groups is 2. The van der Waals surface area contributed by atoms with Crippen molar-refractivity contribution in [3.63, 3.8) is 0 Å². The van der Waals surface area contributed by atoms with Crippen LogP contribution in [-0.4, -0.2) is 46.9 Å². The Morgan fingerprint density at radius 2 is 2.14 bits per heavy atom. The van der Waals surface area contributed by atoms with Gasteiger partial charge in [-0.3, -0.25) is 4.79 Å². The Morgan fingerprint density at radius 1 is 1.33 bits per heavy atom. The fourth-order valence-electron chi connectivity index (χ4n) is 2.35. The molecule has 0 fully saturated rings. The molecule has 1 N–H and O–H groups in total. The van der Waals surface area contributed by atoms with Gasteiger partial charge in [0.2, 0.25) is 6.10 Å². The van der Waals surface area contributed by atoms with E-state index in [9.17, 15) is 9.59 Å². The van der Waals surface area contributed by atoms with Crippen molar-refractivity contribution in [2.75, 3.05) is 13.2 Å². The first-order chi connectivity index (χ1) is 10.1. The summed E-state index contributed by atoms with van der Waals surface area (Å²) in [4.78, 5) is 29.8.